The van der Waals surface area contributed by atoms with Crippen LogP contribution < -0.4 is 11.2 Å². The third-order valence-corrected chi connectivity index (χ3v) is 4.19. The summed E-state index contributed by atoms with van der Waals surface area (Å²) < 4.78 is 7.11. The van der Waals surface area contributed by atoms with E-state index in [1.54, 1.807) is 11.8 Å². The smallest absolute Gasteiger partial charge is 0.330 e. The van der Waals surface area contributed by atoms with Gasteiger partial charge >= 0.3 is 5.69 Å². The van der Waals surface area contributed by atoms with E-state index < -0.39 is 17.5 Å². The summed E-state index contributed by atoms with van der Waals surface area (Å²) in [7, 11) is 0. The van der Waals surface area contributed by atoms with Gasteiger partial charge in [-0.3, -0.25) is 14.3 Å². The van der Waals surface area contributed by atoms with E-state index in [0.29, 0.717) is 12.4 Å². The summed E-state index contributed by atoms with van der Waals surface area (Å²) in [5.74, 6) is 0.559. The summed E-state index contributed by atoms with van der Waals surface area (Å²) in [6, 6.07) is 0. The number of aromatic nitrogens is 2. The fourth-order valence-corrected chi connectivity index (χ4v) is 2.77. The molecular formula is C9H11BrN2O4S. The molecule has 0 radical (unpaired) electrons. The molecule has 94 valence electrons. The molecule has 0 bridgehead atoms. The van der Waals surface area contributed by atoms with Crippen LogP contribution in [0, 0.1) is 0 Å². The second kappa shape index (κ2) is 5.38. The minimum Gasteiger partial charge on any atom is -0.395 e. The van der Waals surface area contributed by atoms with E-state index in [9.17, 15) is 9.59 Å². The Kier molecular flexibility index (Phi) is 4.08. The highest BCUT2D eigenvalue weighted by molar-refractivity contribution is 9.10. The Labute approximate surface area is 109 Å². The van der Waals surface area contributed by atoms with Gasteiger partial charge in [0.05, 0.1) is 22.9 Å². The van der Waals surface area contributed by atoms with E-state index in [2.05, 4.69) is 20.9 Å². The summed E-state index contributed by atoms with van der Waals surface area (Å²) in [5, 5.41) is 9.01. The molecule has 0 saturated carbocycles. The number of aromatic amines is 1. The fraction of sp³-hybridized carbons (Fsp3) is 0.556. The topological polar surface area (TPSA) is 84.3 Å². The number of H-pyrrole nitrogens is 1. The molecule has 0 amide bonds. The quantitative estimate of drug-likeness (QED) is 0.795. The van der Waals surface area contributed by atoms with Gasteiger partial charge in [0, 0.05) is 11.9 Å². The maximum atomic E-state index is 11.6. The minimum absolute atomic E-state index is 0.0492. The third-order valence-electron chi connectivity index (χ3n) is 2.39. The van der Waals surface area contributed by atoms with E-state index in [1.165, 1.54) is 10.8 Å². The number of nitrogens with zero attached hydrogens (tertiary/aromatic N) is 1. The van der Waals surface area contributed by atoms with Gasteiger partial charge in [0.2, 0.25) is 0 Å². The van der Waals surface area contributed by atoms with Gasteiger partial charge in [-0.2, -0.15) is 0 Å². The van der Waals surface area contributed by atoms with E-state index in [1.807, 2.05) is 0 Å². The van der Waals surface area contributed by atoms with Crippen molar-refractivity contribution in [1.29, 1.82) is 0 Å². The van der Waals surface area contributed by atoms with Crippen LogP contribution in [-0.2, 0) is 4.74 Å². The van der Waals surface area contributed by atoms with Crippen LogP contribution in [0.15, 0.2) is 20.3 Å². The van der Waals surface area contributed by atoms with Crippen molar-refractivity contribution in [2.45, 2.75) is 11.5 Å². The molecule has 6 nitrogen and oxygen atoms in total. The van der Waals surface area contributed by atoms with E-state index in [0.717, 1.165) is 0 Å². The zero-order valence-corrected chi connectivity index (χ0v) is 11.2. The molecule has 1 aromatic rings. The Morgan fingerprint density at radius 1 is 1.65 bits per heavy atom. The zero-order valence-electron chi connectivity index (χ0n) is 8.76. The minimum atomic E-state index is -0.494. The highest BCUT2D eigenvalue weighted by Gasteiger charge is 2.23. The van der Waals surface area contributed by atoms with Crippen molar-refractivity contribution in [3.05, 3.63) is 31.5 Å². The molecule has 1 aliphatic rings. The second-order valence-corrected chi connectivity index (χ2v) is 5.76. The Morgan fingerprint density at radius 2 is 2.41 bits per heavy atom. The van der Waals surface area contributed by atoms with Crippen LogP contribution in [0.5, 0.6) is 0 Å². The van der Waals surface area contributed by atoms with Crippen molar-refractivity contribution in [3.8, 4) is 0 Å². The first-order chi connectivity index (χ1) is 8.11. The Balaban J connectivity index is 2.22. The third kappa shape index (κ3) is 2.82. The number of aliphatic hydroxyl groups is 1. The van der Waals surface area contributed by atoms with Crippen LogP contribution in [0.1, 0.15) is 6.23 Å². The molecule has 2 unspecified atom stereocenters. The number of hydrogen-bond acceptors (Lipinski definition) is 5. The molecule has 2 heterocycles. The lowest BCUT2D eigenvalue weighted by Crippen LogP contribution is -2.38. The number of halogens is 1. The Hall–Kier alpha value is -0.570. The molecule has 1 aliphatic heterocycles. The van der Waals surface area contributed by atoms with Crippen molar-refractivity contribution in [1.82, 2.24) is 9.55 Å². The number of rotatable bonds is 2. The maximum Gasteiger partial charge on any atom is 0.330 e. The Morgan fingerprint density at radius 3 is 3.00 bits per heavy atom. The van der Waals surface area contributed by atoms with Crippen molar-refractivity contribution >= 4 is 27.7 Å². The van der Waals surface area contributed by atoms with Crippen molar-refractivity contribution in [2.24, 2.45) is 0 Å². The predicted octanol–water partition coefficient (Wildman–Crippen LogP) is -0.0780. The van der Waals surface area contributed by atoms with Gasteiger partial charge in [0.15, 0.2) is 0 Å². The number of thioether (sulfide) groups is 1. The second-order valence-electron chi connectivity index (χ2n) is 3.57. The molecule has 2 rings (SSSR count). The summed E-state index contributed by atoms with van der Waals surface area (Å²) >= 11 is 4.61. The molecule has 1 aromatic heterocycles. The molecule has 8 heteroatoms. The van der Waals surface area contributed by atoms with Crippen molar-refractivity contribution in [3.63, 3.8) is 0 Å². The lowest BCUT2D eigenvalue weighted by Gasteiger charge is -2.28. The molecule has 2 N–H and O–H groups in total. The van der Waals surface area contributed by atoms with E-state index >= 15 is 0 Å². The van der Waals surface area contributed by atoms with Crippen LogP contribution in [0.25, 0.3) is 0 Å². The van der Waals surface area contributed by atoms with Gasteiger partial charge in [0.25, 0.3) is 5.56 Å². The zero-order chi connectivity index (χ0) is 12.4. The summed E-state index contributed by atoms with van der Waals surface area (Å²) in [5.41, 5.74) is -0.950. The standard InChI is InChI=1S/C9H11BrN2O4S/c10-6-1-12(9(15)11-8(6)14)7-4-17-5(2-13)3-16-7/h1,5,7,13H,2-4H2,(H,11,14,15). The lowest BCUT2D eigenvalue weighted by atomic mass is 10.4. The van der Waals surface area contributed by atoms with Gasteiger partial charge in [-0.05, 0) is 15.9 Å². The van der Waals surface area contributed by atoms with Crippen LogP contribution in [-0.4, -0.2) is 38.9 Å². The SMILES string of the molecule is O=c1[nH]c(=O)n(C2CSC(CO)CO2)cc1Br. The molecule has 1 saturated heterocycles. The van der Waals surface area contributed by atoms with Crippen molar-refractivity contribution in [2.75, 3.05) is 19.0 Å². The van der Waals surface area contributed by atoms with Crippen LogP contribution >= 0.6 is 27.7 Å². The molecular weight excluding hydrogens is 312 g/mol. The first-order valence-corrected chi connectivity index (χ1v) is 6.81. The van der Waals surface area contributed by atoms with Crippen LogP contribution in [0.3, 0.4) is 0 Å². The van der Waals surface area contributed by atoms with Gasteiger partial charge in [-0.1, -0.05) is 0 Å². The van der Waals surface area contributed by atoms with Gasteiger partial charge in [-0.15, -0.1) is 11.8 Å². The fourth-order valence-electron chi connectivity index (χ4n) is 1.47. The van der Waals surface area contributed by atoms with Gasteiger partial charge in [0.1, 0.15) is 6.23 Å². The monoisotopic (exact) mass is 322 g/mol. The van der Waals surface area contributed by atoms with Gasteiger partial charge in [-0.25, -0.2) is 4.79 Å². The average Bonchev–Trinajstić information content (AvgIpc) is 2.34. The maximum absolute atomic E-state index is 11.6. The normalized spacial score (nSPS) is 24.8. The number of ether oxygens (including phenoxy) is 1. The summed E-state index contributed by atoms with van der Waals surface area (Å²) in [4.78, 5) is 25.0. The largest absolute Gasteiger partial charge is 0.395 e. The molecule has 0 aromatic carbocycles. The highest BCUT2D eigenvalue weighted by Crippen LogP contribution is 2.25. The molecule has 1 fully saturated rings. The Bertz CT molecular complexity index is 506. The first kappa shape index (κ1) is 12.9. The predicted molar refractivity (Wildman–Crippen MR) is 67.3 cm³/mol. The van der Waals surface area contributed by atoms with Crippen LogP contribution in [0.4, 0.5) is 0 Å². The molecule has 17 heavy (non-hydrogen) atoms. The van der Waals surface area contributed by atoms with E-state index in [-0.39, 0.29) is 16.3 Å². The highest BCUT2D eigenvalue weighted by atomic mass is 79.9. The average molecular weight is 323 g/mol. The first-order valence-electron chi connectivity index (χ1n) is 4.97. The summed E-state index contributed by atoms with van der Waals surface area (Å²) in [6.45, 7) is 0.441. The van der Waals surface area contributed by atoms with Crippen LogP contribution in [0.2, 0.25) is 0 Å². The molecule has 0 aliphatic carbocycles. The number of hydrogen-bond donors (Lipinski definition) is 2. The molecule has 0 spiro atoms. The number of aliphatic hydroxyl groups excluding tert-OH is 1. The van der Waals surface area contributed by atoms with Crippen molar-refractivity contribution < 1.29 is 9.84 Å². The number of nitrogens with one attached hydrogen (secondary N) is 1. The summed E-state index contributed by atoms with van der Waals surface area (Å²) in [6.07, 6.45) is 1.01. The van der Waals surface area contributed by atoms with E-state index in [4.69, 9.17) is 9.84 Å². The molecule has 2 atom stereocenters. The lowest BCUT2D eigenvalue weighted by molar-refractivity contribution is 0.00461. The van der Waals surface area contributed by atoms with Gasteiger partial charge < -0.3 is 9.84 Å².